The molecule has 1 saturated heterocycles. The van der Waals surface area contributed by atoms with Gasteiger partial charge >= 0.3 is 0 Å². The van der Waals surface area contributed by atoms with Crippen molar-refractivity contribution in [1.29, 1.82) is 0 Å². The SMILES string of the molecule is CC1(C)OC[C@H]([C@@H](O)[C@H](O)C(=O)c2ccco2)O1. The van der Waals surface area contributed by atoms with Gasteiger partial charge in [0.1, 0.15) is 18.3 Å². The quantitative estimate of drug-likeness (QED) is 0.755. The van der Waals surface area contributed by atoms with Gasteiger partial charge in [-0.05, 0) is 26.0 Å². The van der Waals surface area contributed by atoms with E-state index in [0.29, 0.717) is 0 Å². The zero-order valence-electron chi connectivity index (χ0n) is 10.2. The van der Waals surface area contributed by atoms with Gasteiger partial charge in [0.15, 0.2) is 11.5 Å². The number of aliphatic hydroxyl groups excluding tert-OH is 2. The maximum atomic E-state index is 11.8. The minimum atomic E-state index is -1.60. The Morgan fingerprint density at radius 3 is 2.72 bits per heavy atom. The van der Waals surface area contributed by atoms with E-state index in [0.717, 1.165) is 0 Å². The molecule has 0 aromatic carbocycles. The number of hydrogen-bond donors (Lipinski definition) is 2. The summed E-state index contributed by atoms with van der Waals surface area (Å²) in [6, 6.07) is 2.96. The number of aliphatic hydroxyl groups is 2. The molecule has 0 unspecified atom stereocenters. The van der Waals surface area contributed by atoms with E-state index in [2.05, 4.69) is 0 Å². The summed E-state index contributed by atoms with van der Waals surface area (Å²) >= 11 is 0. The van der Waals surface area contributed by atoms with Crippen LogP contribution in [0.5, 0.6) is 0 Å². The van der Waals surface area contributed by atoms with Gasteiger partial charge in [0.2, 0.25) is 5.78 Å². The number of Topliss-reactive ketones (excluding diaryl/α,β-unsaturated/α-hetero) is 1. The van der Waals surface area contributed by atoms with Crippen molar-refractivity contribution in [2.75, 3.05) is 6.61 Å². The van der Waals surface area contributed by atoms with Crippen molar-refractivity contribution >= 4 is 5.78 Å². The van der Waals surface area contributed by atoms with E-state index in [1.54, 1.807) is 13.8 Å². The first kappa shape index (κ1) is 13.2. The zero-order valence-corrected chi connectivity index (χ0v) is 10.2. The Bertz CT molecular complexity index is 410. The maximum Gasteiger partial charge on any atom is 0.229 e. The van der Waals surface area contributed by atoms with Crippen molar-refractivity contribution in [3.63, 3.8) is 0 Å². The van der Waals surface area contributed by atoms with Crippen LogP contribution in [-0.2, 0) is 9.47 Å². The van der Waals surface area contributed by atoms with Crippen molar-refractivity contribution in [3.05, 3.63) is 24.2 Å². The Labute approximate surface area is 104 Å². The van der Waals surface area contributed by atoms with Crippen molar-refractivity contribution in [2.24, 2.45) is 0 Å². The minimum absolute atomic E-state index is 0.000254. The highest BCUT2D eigenvalue weighted by Crippen LogP contribution is 2.25. The molecule has 2 heterocycles. The zero-order chi connectivity index (χ0) is 13.3. The molecule has 100 valence electrons. The van der Waals surface area contributed by atoms with Gasteiger partial charge in [0, 0.05) is 0 Å². The first-order valence-electron chi connectivity index (χ1n) is 5.66. The van der Waals surface area contributed by atoms with E-state index in [4.69, 9.17) is 13.9 Å². The molecule has 2 rings (SSSR count). The van der Waals surface area contributed by atoms with Crippen LogP contribution < -0.4 is 0 Å². The molecule has 6 nitrogen and oxygen atoms in total. The minimum Gasteiger partial charge on any atom is -0.461 e. The lowest BCUT2D eigenvalue weighted by Crippen LogP contribution is -2.44. The number of ketones is 1. The fourth-order valence-corrected chi connectivity index (χ4v) is 1.81. The number of ether oxygens (including phenoxy) is 2. The van der Waals surface area contributed by atoms with E-state index in [1.165, 1.54) is 18.4 Å². The van der Waals surface area contributed by atoms with Gasteiger partial charge in [0.05, 0.1) is 12.9 Å². The predicted molar refractivity (Wildman–Crippen MR) is 60.0 cm³/mol. The summed E-state index contributed by atoms with van der Waals surface area (Å²) < 4.78 is 15.5. The molecule has 1 aromatic rings. The molecular weight excluding hydrogens is 240 g/mol. The Morgan fingerprint density at radius 2 is 2.22 bits per heavy atom. The van der Waals surface area contributed by atoms with E-state index < -0.39 is 29.9 Å². The van der Waals surface area contributed by atoms with Crippen LogP contribution in [-0.4, -0.2) is 46.7 Å². The summed E-state index contributed by atoms with van der Waals surface area (Å²) in [5, 5.41) is 19.7. The van der Waals surface area contributed by atoms with E-state index in [-0.39, 0.29) is 12.4 Å². The molecule has 0 bridgehead atoms. The van der Waals surface area contributed by atoms with Gasteiger partial charge in [-0.3, -0.25) is 4.79 Å². The van der Waals surface area contributed by atoms with Crippen LogP contribution in [0, 0.1) is 0 Å². The number of furan rings is 1. The second kappa shape index (κ2) is 4.81. The summed E-state index contributed by atoms with van der Waals surface area (Å²) in [6.45, 7) is 3.51. The molecule has 18 heavy (non-hydrogen) atoms. The summed E-state index contributed by atoms with van der Waals surface area (Å²) in [5.74, 6) is -1.50. The molecule has 6 heteroatoms. The molecule has 0 saturated carbocycles. The maximum absolute atomic E-state index is 11.8. The third-order valence-corrected chi connectivity index (χ3v) is 2.77. The van der Waals surface area contributed by atoms with Gasteiger partial charge < -0.3 is 24.1 Å². The molecule has 1 fully saturated rings. The number of carbonyl (C=O) groups excluding carboxylic acids is 1. The summed E-state index contributed by atoms with van der Waals surface area (Å²) in [5.41, 5.74) is 0. The van der Waals surface area contributed by atoms with Crippen molar-refractivity contribution in [2.45, 2.75) is 37.9 Å². The second-order valence-electron chi connectivity index (χ2n) is 4.64. The van der Waals surface area contributed by atoms with Gasteiger partial charge in [-0.15, -0.1) is 0 Å². The lowest BCUT2D eigenvalue weighted by atomic mass is 10.0. The lowest BCUT2D eigenvalue weighted by molar-refractivity contribution is -0.157. The fourth-order valence-electron chi connectivity index (χ4n) is 1.81. The van der Waals surface area contributed by atoms with Crippen molar-refractivity contribution in [3.8, 4) is 0 Å². The van der Waals surface area contributed by atoms with E-state index in [9.17, 15) is 15.0 Å². The first-order chi connectivity index (χ1) is 8.41. The van der Waals surface area contributed by atoms with Crippen LogP contribution in [0.4, 0.5) is 0 Å². The molecule has 1 aromatic heterocycles. The van der Waals surface area contributed by atoms with Crippen LogP contribution in [0.2, 0.25) is 0 Å². The van der Waals surface area contributed by atoms with E-state index >= 15 is 0 Å². The van der Waals surface area contributed by atoms with Gasteiger partial charge in [-0.25, -0.2) is 0 Å². The summed E-state index contributed by atoms with van der Waals surface area (Å²) in [7, 11) is 0. The molecule has 0 amide bonds. The third-order valence-electron chi connectivity index (χ3n) is 2.77. The normalized spacial score (nSPS) is 25.9. The van der Waals surface area contributed by atoms with Crippen molar-refractivity contribution < 1.29 is 28.9 Å². The Kier molecular flexibility index (Phi) is 3.54. The fraction of sp³-hybridized carbons (Fsp3) is 0.583. The van der Waals surface area contributed by atoms with Gasteiger partial charge in [0.25, 0.3) is 0 Å². The largest absolute Gasteiger partial charge is 0.461 e. The van der Waals surface area contributed by atoms with Crippen LogP contribution in [0.3, 0.4) is 0 Å². The molecule has 3 atom stereocenters. The topological polar surface area (TPSA) is 89.1 Å². The standard InChI is InChI=1S/C12H16O6/c1-12(2)17-6-8(18-12)10(14)11(15)9(13)7-4-3-5-16-7/h3-5,8,10-11,14-15H,6H2,1-2H3/t8-,10-,11-/m1/s1. The summed E-state index contributed by atoms with van der Waals surface area (Å²) in [4.78, 5) is 11.8. The highest BCUT2D eigenvalue weighted by molar-refractivity contribution is 5.97. The molecule has 2 N–H and O–H groups in total. The Hall–Kier alpha value is -1.21. The lowest BCUT2D eigenvalue weighted by Gasteiger charge is -2.22. The number of rotatable bonds is 4. The monoisotopic (exact) mass is 256 g/mol. The number of carbonyl (C=O) groups is 1. The van der Waals surface area contributed by atoms with Crippen LogP contribution in [0.25, 0.3) is 0 Å². The van der Waals surface area contributed by atoms with E-state index in [1.807, 2.05) is 0 Å². The molecule has 1 aliphatic rings. The average Bonchev–Trinajstić information content (AvgIpc) is 2.95. The van der Waals surface area contributed by atoms with Crippen LogP contribution in [0.1, 0.15) is 24.4 Å². The smallest absolute Gasteiger partial charge is 0.229 e. The highest BCUT2D eigenvalue weighted by Gasteiger charge is 2.41. The number of hydrogen-bond acceptors (Lipinski definition) is 6. The predicted octanol–water partition coefficient (Wildman–Crippen LogP) is 0.336. The van der Waals surface area contributed by atoms with Crippen LogP contribution in [0.15, 0.2) is 22.8 Å². The van der Waals surface area contributed by atoms with Crippen LogP contribution >= 0.6 is 0 Å². The Morgan fingerprint density at radius 1 is 1.50 bits per heavy atom. The highest BCUT2D eigenvalue weighted by atomic mass is 16.7. The average molecular weight is 256 g/mol. The molecular formula is C12H16O6. The molecule has 0 radical (unpaired) electrons. The summed E-state index contributed by atoms with van der Waals surface area (Å²) in [6.07, 6.45) is -2.37. The van der Waals surface area contributed by atoms with Crippen molar-refractivity contribution in [1.82, 2.24) is 0 Å². The third kappa shape index (κ3) is 2.62. The molecule has 0 aliphatic carbocycles. The van der Waals surface area contributed by atoms with Gasteiger partial charge in [-0.1, -0.05) is 0 Å². The molecule has 0 spiro atoms. The van der Waals surface area contributed by atoms with Gasteiger partial charge in [-0.2, -0.15) is 0 Å². The second-order valence-corrected chi connectivity index (χ2v) is 4.64. The Balaban J connectivity index is 2.01. The first-order valence-corrected chi connectivity index (χ1v) is 5.66. The molecule has 1 aliphatic heterocycles.